The molecule has 0 saturated heterocycles. The molecule has 0 aliphatic heterocycles. The summed E-state index contributed by atoms with van der Waals surface area (Å²) in [6, 6.07) is 3.14. The van der Waals surface area contributed by atoms with E-state index < -0.39 is 0 Å². The fourth-order valence-corrected chi connectivity index (χ4v) is 1.26. The molecule has 1 rings (SSSR count). The summed E-state index contributed by atoms with van der Waals surface area (Å²) in [4.78, 5) is 8.49. The minimum Gasteiger partial charge on any atom is -0.427 e. The van der Waals surface area contributed by atoms with E-state index in [4.69, 9.17) is 0 Å². The van der Waals surface area contributed by atoms with Crippen molar-refractivity contribution < 1.29 is 51.3 Å². The van der Waals surface area contributed by atoms with Gasteiger partial charge in [0.05, 0.1) is 0 Å². The third-order valence-electron chi connectivity index (χ3n) is 1.60. The maximum atomic E-state index is 4.31. The van der Waals surface area contributed by atoms with Crippen LogP contribution in [0.25, 0.3) is 0 Å². The Balaban J connectivity index is 0. The van der Waals surface area contributed by atoms with Gasteiger partial charge in [-0.05, 0) is 6.92 Å². The van der Waals surface area contributed by atoms with Crippen LogP contribution in [0.3, 0.4) is 0 Å². The van der Waals surface area contributed by atoms with Gasteiger partial charge in [-0.3, -0.25) is 9.97 Å². The van der Waals surface area contributed by atoms with Crippen LogP contribution in [-0.2, 0) is 57.7 Å². The van der Waals surface area contributed by atoms with Crippen molar-refractivity contribution in [3.8, 4) is 0 Å². The van der Waals surface area contributed by atoms with Crippen molar-refractivity contribution in [3.05, 3.63) is 30.2 Å². The number of rotatable bonds is 2. The van der Waals surface area contributed by atoms with Crippen LogP contribution in [-0.4, -0.2) is 9.97 Å². The Morgan fingerprint density at radius 1 is 1.27 bits per heavy atom. The Labute approximate surface area is 130 Å². The molecule has 0 aromatic carbocycles. The molecular weight excluding hydrogens is 300 g/mol. The van der Waals surface area contributed by atoms with Gasteiger partial charge < -0.3 is 13.0 Å². The second-order valence-electron chi connectivity index (χ2n) is 4.27. The summed E-state index contributed by atoms with van der Waals surface area (Å²) in [5.74, 6) is 0.815. The van der Waals surface area contributed by atoms with Crippen molar-refractivity contribution >= 4 is 0 Å². The summed E-state index contributed by atoms with van der Waals surface area (Å²) in [6.07, 6.45) is 0.844. The first-order valence-corrected chi connectivity index (χ1v) is 4.46. The number of hydrogen-bond donors (Lipinski definition) is 0. The molecular formula is C11H16N2VY-2. The van der Waals surface area contributed by atoms with Crippen LogP contribution in [0, 0.1) is 32.3 Å². The topological polar surface area (TPSA) is 25.8 Å². The van der Waals surface area contributed by atoms with Crippen LogP contribution in [0.1, 0.15) is 31.1 Å². The van der Waals surface area contributed by atoms with Gasteiger partial charge in [-0.2, -0.15) is 5.41 Å². The van der Waals surface area contributed by atoms with Crippen molar-refractivity contribution in [2.75, 3.05) is 0 Å². The van der Waals surface area contributed by atoms with Gasteiger partial charge in [0.15, 0.2) is 0 Å². The van der Waals surface area contributed by atoms with Crippen LogP contribution >= 0.6 is 0 Å². The number of nitrogens with zero attached hydrogens (tertiary/aromatic N) is 2. The Hall–Kier alpha value is 0.768. The van der Waals surface area contributed by atoms with Gasteiger partial charge in [-0.25, -0.2) is 0 Å². The molecule has 0 N–H and O–H groups in total. The van der Waals surface area contributed by atoms with E-state index in [1.807, 2.05) is 13.8 Å². The average Bonchev–Trinajstić information content (AvgIpc) is 1.78. The largest absolute Gasteiger partial charge is 0.427 e. The van der Waals surface area contributed by atoms with Crippen molar-refractivity contribution in [3.63, 3.8) is 0 Å². The van der Waals surface area contributed by atoms with E-state index in [2.05, 4.69) is 36.8 Å². The first-order chi connectivity index (χ1) is 5.87. The zero-order chi connectivity index (χ0) is 10.1. The second kappa shape index (κ2) is 7.16. The first kappa shape index (κ1) is 18.1. The number of aryl methyl sites for hydroxylation is 2. The molecule has 0 aliphatic carbocycles. The molecule has 0 amide bonds. The molecule has 0 unspecified atom stereocenters. The van der Waals surface area contributed by atoms with E-state index in [1.54, 1.807) is 0 Å². The molecule has 80 valence electrons. The Morgan fingerprint density at radius 2 is 1.80 bits per heavy atom. The fraction of sp³-hybridized carbons (Fsp3) is 0.545. The Kier molecular flexibility index (Phi) is 8.66. The van der Waals surface area contributed by atoms with Gasteiger partial charge in [-0.15, -0.1) is 11.4 Å². The molecule has 1 aromatic heterocycles. The van der Waals surface area contributed by atoms with E-state index in [1.165, 1.54) is 0 Å². The Morgan fingerprint density at radius 3 is 2.20 bits per heavy atom. The molecule has 0 saturated carbocycles. The minimum absolute atomic E-state index is 0. The minimum atomic E-state index is 0. The summed E-state index contributed by atoms with van der Waals surface area (Å²) >= 11 is 0. The van der Waals surface area contributed by atoms with Crippen molar-refractivity contribution in [2.45, 2.75) is 34.1 Å². The summed E-state index contributed by atoms with van der Waals surface area (Å²) in [6.45, 7) is 12.1. The average molecular weight is 316 g/mol. The van der Waals surface area contributed by atoms with Crippen LogP contribution in [0.15, 0.2) is 0 Å². The van der Waals surface area contributed by atoms with Gasteiger partial charge in [0, 0.05) is 51.3 Å². The molecule has 0 spiro atoms. The second-order valence-corrected chi connectivity index (χ2v) is 4.27. The monoisotopic (exact) mass is 316 g/mol. The van der Waals surface area contributed by atoms with Crippen molar-refractivity contribution in [1.29, 1.82) is 0 Å². The molecule has 0 aliphatic rings. The van der Waals surface area contributed by atoms with Crippen molar-refractivity contribution in [1.82, 2.24) is 9.97 Å². The van der Waals surface area contributed by atoms with Crippen LogP contribution in [0.4, 0.5) is 0 Å². The maximum absolute atomic E-state index is 4.31. The quantitative estimate of drug-likeness (QED) is 0.783. The zero-order valence-electron chi connectivity index (χ0n) is 9.83. The van der Waals surface area contributed by atoms with Crippen molar-refractivity contribution in [2.24, 2.45) is 5.41 Å². The van der Waals surface area contributed by atoms with Gasteiger partial charge in [0.25, 0.3) is 0 Å². The summed E-state index contributed by atoms with van der Waals surface area (Å²) < 4.78 is 0. The third-order valence-corrected chi connectivity index (χ3v) is 1.60. The van der Waals surface area contributed by atoms with E-state index in [0.717, 1.165) is 23.6 Å². The summed E-state index contributed by atoms with van der Waals surface area (Å²) in [5, 5.41) is 0. The summed E-state index contributed by atoms with van der Waals surface area (Å²) in [7, 11) is 0. The van der Waals surface area contributed by atoms with E-state index in [9.17, 15) is 0 Å². The Bertz CT molecular complexity index is 288. The molecule has 0 fully saturated rings. The van der Waals surface area contributed by atoms with Gasteiger partial charge in [-0.1, -0.05) is 27.2 Å². The van der Waals surface area contributed by atoms with Crippen LogP contribution in [0.5, 0.6) is 0 Å². The van der Waals surface area contributed by atoms with Crippen LogP contribution < -0.4 is 0 Å². The van der Waals surface area contributed by atoms with E-state index in [-0.39, 0.29) is 56.7 Å². The molecule has 2 nitrogen and oxygen atoms in total. The molecule has 0 atom stereocenters. The SMILES string of the molecule is [CH2-]C(C)(C)Cc1[c-]c(C)nc(C)n1.[V].[Y]. The van der Waals surface area contributed by atoms with Gasteiger partial charge >= 0.3 is 0 Å². The normalized spacial score (nSPS) is 10.2. The number of aromatic nitrogens is 2. The smallest absolute Gasteiger partial charge is 0.118 e. The van der Waals surface area contributed by atoms with Gasteiger partial charge in [0.2, 0.25) is 0 Å². The third kappa shape index (κ3) is 7.63. The first-order valence-electron chi connectivity index (χ1n) is 4.46. The van der Waals surface area contributed by atoms with E-state index >= 15 is 0 Å². The molecule has 15 heavy (non-hydrogen) atoms. The van der Waals surface area contributed by atoms with E-state index in [0.29, 0.717) is 0 Å². The predicted octanol–water partition coefficient (Wildman–Crippen LogP) is 2.29. The fourth-order valence-electron chi connectivity index (χ4n) is 1.26. The predicted molar refractivity (Wildman–Crippen MR) is 53.2 cm³/mol. The van der Waals surface area contributed by atoms with Crippen LogP contribution in [0.2, 0.25) is 0 Å². The molecule has 1 aromatic rings. The zero-order valence-corrected chi connectivity index (χ0v) is 14.1. The summed E-state index contributed by atoms with van der Waals surface area (Å²) in [5.41, 5.74) is 1.89. The molecule has 1 heterocycles. The number of hydrogen-bond acceptors (Lipinski definition) is 2. The molecule has 4 heteroatoms. The standard InChI is InChI=1S/C11H16N2.V.Y/c1-8-6-10(7-11(3,4)5)13-9(2)12-8;;/h3,7H2,1-2,4-5H3;;/q-2;;. The maximum Gasteiger partial charge on any atom is 0.118 e. The molecule has 2 radical (unpaired) electrons. The van der Waals surface area contributed by atoms with Gasteiger partial charge in [0.1, 0.15) is 5.82 Å². The molecule has 0 bridgehead atoms.